The zero-order chi connectivity index (χ0) is 31.4. The Balaban J connectivity index is 1.27. The molecule has 3 N–H and O–H groups in total. The molecule has 0 saturated carbocycles. The molecule has 5 rings (SSSR count). The van der Waals surface area contributed by atoms with Gasteiger partial charge < -0.3 is 30.2 Å². The predicted octanol–water partition coefficient (Wildman–Crippen LogP) is 6.31. The van der Waals surface area contributed by atoms with Crippen LogP contribution in [0.25, 0.3) is 0 Å². The first-order chi connectivity index (χ1) is 22.0. The van der Waals surface area contributed by atoms with Crippen LogP contribution in [0.5, 0.6) is 5.75 Å². The van der Waals surface area contributed by atoms with Crippen molar-refractivity contribution >= 4 is 33.6 Å². The highest BCUT2D eigenvalue weighted by Crippen LogP contribution is 2.30. The number of para-hydroxylation sites is 1. The van der Waals surface area contributed by atoms with E-state index in [9.17, 15) is 9.59 Å². The molecule has 1 heterocycles. The minimum Gasteiger partial charge on any atom is -0.491 e. The van der Waals surface area contributed by atoms with Gasteiger partial charge in [-0.2, -0.15) is 0 Å². The van der Waals surface area contributed by atoms with Gasteiger partial charge in [0.1, 0.15) is 24.5 Å². The summed E-state index contributed by atoms with van der Waals surface area (Å²) >= 11 is 3.45. The molecule has 234 valence electrons. The Bertz CT molecular complexity index is 1480. The Morgan fingerprint density at radius 3 is 2.16 bits per heavy atom. The minimum absolute atomic E-state index is 0.00435. The maximum Gasteiger partial charge on any atom is 0.407 e. The Kier molecular flexibility index (Phi) is 11.6. The summed E-state index contributed by atoms with van der Waals surface area (Å²) in [7, 11) is 1.29. The molecule has 8 nitrogen and oxygen atoms in total. The third-order valence-electron chi connectivity index (χ3n) is 7.78. The van der Waals surface area contributed by atoms with Gasteiger partial charge in [0.2, 0.25) is 5.91 Å². The van der Waals surface area contributed by atoms with Crippen molar-refractivity contribution in [3.63, 3.8) is 0 Å². The van der Waals surface area contributed by atoms with E-state index in [2.05, 4.69) is 31.9 Å². The molecule has 4 aromatic carbocycles. The number of rotatable bonds is 12. The monoisotopic (exact) mass is 671 g/mol. The molecule has 4 aromatic rings. The van der Waals surface area contributed by atoms with Crippen LogP contribution in [0.1, 0.15) is 29.0 Å². The molecule has 9 heteroatoms. The van der Waals surface area contributed by atoms with Gasteiger partial charge in [0.15, 0.2) is 0 Å². The van der Waals surface area contributed by atoms with Gasteiger partial charge in [-0.15, -0.1) is 0 Å². The number of benzene rings is 4. The molecular formula is C36H38BrN3O5. The number of hydrogen-bond acceptors (Lipinski definition) is 6. The summed E-state index contributed by atoms with van der Waals surface area (Å²) in [6.07, 6.45) is 0.699. The molecule has 3 atom stereocenters. The third kappa shape index (κ3) is 9.17. The molecule has 0 radical (unpaired) electrons. The van der Waals surface area contributed by atoms with Gasteiger partial charge in [0.25, 0.3) is 0 Å². The number of halogens is 1. The summed E-state index contributed by atoms with van der Waals surface area (Å²) in [5.74, 6) is 0.0126. The van der Waals surface area contributed by atoms with Gasteiger partial charge in [-0.05, 0) is 59.9 Å². The van der Waals surface area contributed by atoms with E-state index in [1.165, 1.54) is 7.11 Å². The highest BCUT2D eigenvalue weighted by molar-refractivity contribution is 9.10. The van der Waals surface area contributed by atoms with Crippen LogP contribution < -0.4 is 20.7 Å². The summed E-state index contributed by atoms with van der Waals surface area (Å²) in [6, 6.07) is 33.9. The maximum atomic E-state index is 14.0. The maximum absolute atomic E-state index is 14.0. The van der Waals surface area contributed by atoms with Gasteiger partial charge in [-0.3, -0.25) is 4.79 Å². The predicted molar refractivity (Wildman–Crippen MR) is 179 cm³/mol. The zero-order valence-corrected chi connectivity index (χ0v) is 26.7. The number of aryl methyl sites for hydroxylation is 1. The highest BCUT2D eigenvalue weighted by atomic mass is 79.9. The van der Waals surface area contributed by atoms with Gasteiger partial charge in [-0.25, -0.2) is 4.79 Å². The Labute approximate surface area is 272 Å². The SMILES string of the molecule is COC(=O)N[C@H](C(=O)Nc1ccccc1CC[C@@H]1CNC[C@@H](COc2ccc(Br)cc2)O1)C(c1ccccc1)c1ccccc1. The van der Waals surface area contributed by atoms with Crippen LogP contribution in [-0.2, 0) is 20.7 Å². The number of methoxy groups -OCH3 is 1. The lowest BCUT2D eigenvalue weighted by molar-refractivity contribution is -0.118. The summed E-state index contributed by atoms with van der Waals surface area (Å²) in [6.45, 7) is 1.92. The molecule has 0 aromatic heterocycles. The number of amides is 2. The van der Waals surface area contributed by atoms with Crippen molar-refractivity contribution in [3.8, 4) is 5.75 Å². The second-order valence-corrected chi connectivity index (χ2v) is 11.8. The van der Waals surface area contributed by atoms with E-state index >= 15 is 0 Å². The molecule has 1 saturated heterocycles. The van der Waals surface area contributed by atoms with Crippen molar-refractivity contribution < 1.29 is 23.8 Å². The van der Waals surface area contributed by atoms with Gasteiger partial charge >= 0.3 is 6.09 Å². The van der Waals surface area contributed by atoms with Crippen molar-refractivity contribution in [2.45, 2.75) is 37.0 Å². The summed E-state index contributed by atoms with van der Waals surface area (Å²) in [5.41, 5.74) is 3.47. The Morgan fingerprint density at radius 2 is 1.49 bits per heavy atom. The number of carbonyl (C=O) groups excluding carboxylic acids is 2. The lowest BCUT2D eigenvalue weighted by atomic mass is 9.84. The molecule has 0 unspecified atom stereocenters. The van der Waals surface area contributed by atoms with E-state index in [0.717, 1.165) is 46.4 Å². The first-order valence-electron chi connectivity index (χ1n) is 15.1. The average Bonchev–Trinajstić information content (AvgIpc) is 3.08. The number of nitrogens with one attached hydrogen (secondary N) is 3. The first-order valence-corrected chi connectivity index (χ1v) is 15.9. The molecular weight excluding hydrogens is 634 g/mol. The van der Waals surface area contributed by atoms with E-state index in [4.69, 9.17) is 14.2 Å². The van der Waals surface area contributed by atoms with E-state index in [1.807, 2.05) is 109 Å². The second kappa shape index (κ2) is 16.2. The van der Waals surface area contributed by atoms with Crippen molar-refractivity contribution in [2.75, 3.05) is 32.1 Å². The van der Waals surface area contributed by atoms with E-state index in [-0.39, 0.29) is 18.1 Å². The molecule has 1 fully saturated rings. The smallest absolute Gasteiger partial charge is 0.407 e. The van der Waals surface area contributed by atoms with Crippen molar-refractivity contribution in [2.24, 2.45) is 0 Å². The molecule has 0 spiro atoms. The largest absolute Gasteiger partial charge is 0.491 e. The molecule has 1 aliphatic heterocycles. The van der Waals surface area contributed by atoms with Gasteiger partial charge in [0, 0.05) is 29.2 Å². The highest BCUT2D eigenvalue weighted by Gasteiger charge is 2.33. The van der Waals surface area contributed by atoms with Crippen LogP contribution in [0.3, 0.4) is 0 Å². The van der Waals surface area contributed by atoms with Crippen LogP contribution in [0.4, 0.5) is 10.5 Å². The van der Waals surface area contributed by atoms with Crippen LogP contribution in [0, 0.1) is 0 Å². The fraction of sp³-hybridized carbons (Fsp3) is 0.278. The fourth-order valence-corrected chi connectivity index (χ4v) is 5.80. The number of hydrogen-bond donors (Lipinski definition) is 3. The average molecular weight is 673 g/mol. The normalized spacial score (nSPS) is 16.9. The van der Waals surface area contributed by atoms with Crippen LogP contribution in [-0.4, -0.2) is 57.1 Å². The first kappa shape index (κ1) is 32.2. The molecule has 0 bridgehead atoms. The summed E-state index contributed by atoms with van der Waals surface area (Å²) in [4.78, 5) is 26.5. The van der Waals surface area contributed by atoms with Gasteiger partial charge in [0.05, 0.1) is 13.2 Å². The Morgan fingerprint density at radius 1 is 0.867 bits per heavy atom. The van der Waals surface area contributed by atoms with Crippen molar-refractivity contribution in [1.29, 1.82) is 0 Å². The minimum atomic E-state index is -0.937. The van der Waals surface area contributed by atoms with E-state index in [0.29, 0.717) is 18.7 Å². The zero-order valence-electron chi connectivity index (χ0n) is 25.2. The lowest BCUT2D eigenvalue weighted by Crippen LogP contribution is -2.48. The number of morpholine rings is 1. The summed E-state index contributed by atoms with van der Waals surface area (Å²) in [5, 5.41) is 9.37. The van der Waals surface area contributed by atoms with Crippen molar-refractivity contribution in [1.82, 2.24) is 10.6 Å². The number of ether oxygens (including phenoxy) is 3. The number of carbonyl (C=O) groups is 2. The molecule has 45 heavy (non-hydrogen) atoms. The molecule has 2 amide bonds. The number of anilines is 1. The molecule has 1 aliphatic rings. The van der Waals surface area contributed by atoms with Crippen molar-refractivity contribution in [3.05, 3.63) is 130 Å². The second-order valence-electron chi connectivity index (χ2n) is 10.9. The topological polar surface area (TPSA) is 97.9 Å². The van der Waals surface area contributed by atoms with Gasteiger partial charge in [-0.1, -0.05) is 94.8 Å². The van der Waals surface area contributed by atoms with E-state index in [1.54, 1.807) is 0 Å². The van der Waals surface area contributed by atoms with Crippen LogP contribution >= 0.6 is 15.9 Å². The third-order valence-corrected chi connectivity index (χ3v) is 8.31. The molecule has 0 aliphatic carbocycles. The Hall–Kier alpha value is -4.18. The van der Waals surface area contributed by atoms with Crippen LogP contribution in [0.15, 0.2) is 114 Å². The summed E-state index contributed by atoms with van der Waals surface area (Å²) < 4.78 is 18.2. The fourth-order valence-electron chi connectivity index (χ4n) is 5.53. The standard InChI is InChI=1S/C36H38BrN3O5/c1-43-36(42)40-34(33(26-11-4-2-5-12-26)27-13-6-3-7-14-27)35(41)39-32-15-9-8-10-25(32)16-19-30-22-38-23-31(45-30)24-44-29-20-17-28(37)18-21-29/h2-15,17-18,20-21,30-31,33-34,38H,16,19,22-24H2,1H3,(H,39,41)(H,40,42)/t30-,31+,34+/m1/s1. The quantitative estimate of drug-likeness (QED) is 0.163. The number of alkyl carbamates (subject to hydrolysis) is 1. The van der Waals surface area contributed by atoms with Crippen LogP contribution in [0.2, 0.25) is 0 Å². The lowest BCUT2D eigenvalue weighted by Gasteiger charge is -2.31. The van der Waals surface area contributed by atoms with E-state index < -0.39 is 18.1 Å².